The lowest BCUT2D eigenvalue weighted by Crippen LogP contribution is -2.48. The van der Waals surface area contributed by atoms with Gasteiger partial charge in [-0.05, 0) is 63.6 Å². The number of nitrogens with zero attached hydrogens (tertiary/aromatic N) is 2. The van der Waals surface area contributed by atoms with Crippen molar-refractivity contribution in [2.45, 2.75) is 39.8 Å². The minimum Gasteiger partial charge on any atom is -0.439 e. The quantitative estimate of drug-likeness (QED) is 0.490. The average molecular weight is 401 g/mol. The molecule has 156 valence electrons. The summed E-state index contributed by atoms with van der Waals surface area (Å²) in [6, 6.07) is 9.33. The van der Waals surface area contributed by atoms with Crippen LogP contribution in [0.2, 0.25) is 0 Å². The summed E-state index contributed by atoms with van der Waals surface area (Å²) in [5.74, 6) is 0.996. The van der Waals surface area contributed by atoms with E-state index in [1.807, 2.05) is 33.8 Å². The Morgan fingerprint density at radius 2 is 1.90 bits per heavy atom. The van der Waals surface area contributed by atoms with Gasteiger partial charge in [0.05, 0.1) is 13.1 Å². The molecular weight excluding hydrogens is 373 g/mol. The van der Waals surface area contributed by atoms with Gasteiger partial charge in [-0.1, -0.05) is 0 Å². The monoisotopic (exact) mass is 401 g/mol. The molecule has 2 aromatic rings. The molecule has 0 aliphatic rings. The molecule has 0 fully saturated rings. The largest absolute Gasteiger partial charge is 0.439 e. The highest BCUT2D eigenvalue weighted by molar-refractivity contribution is 5.86. The molecule has 29 heavy (non-hydrogen) atoms. The van der Waals surface area contributed by atoms with Gasteiger partial charge in [-0.25, -0.2) is 14.4 Å². The van der Waals surface area contributed by atoms with Crippen LogP contribution in [0.5, 0.6) is 11.6 Å². The lowest BCUT2D eigenvalue weighted by Gasteiger charge is -2.21. The average Bonchev–Trinajstić information content (AvgIpc) is 2.65. The van der Waals surface area contributed by atoms with E-state index in [9.17, 15) is 9.18 Å². The Morgan fingerprint density at radius 1 is 1.17 bits per heavy atom. The summed E-state index contributed by atoms with van der Waals surface area (Å²) in [7, 11) is 0. The van der Waals surface area contributed by atoms with E-state index in [0.717, 1.165) is 5.56 Å². The number of carbonyl (C=O) groups excluding carboxylic acids is 1. The Morgan fingerprint density at radius 3 is 2.55 bits per heavy atom. The van der Waals surface area contributed by atoms with Crippen LogP contribution in [0, 0.1) is 5.82 Å². The van der Waals surface area contributed by atoms with E-state index in [1.54, 1.807) is 12.3 Å². The minimum atomic E-state index is -0.326. The van der Waals surface area contributed by atoms with E-state index in [4.69, 9.17) is 4.74 Å². The van der Waals surface area contributed by atoms with Gasteiger partial charge in [-0.2, -0.15) is 0 Å². The van der Waals surface area contributed by atoms with Crippen LogP contribution in [0.3, 0.4) is 0 Å². The Kier molecular flexibility index (Phi) is 7.94. The number of aromatic nitrogens is 1. The molecule has 2 rings (SSSR count). The molecule has 3 N–H and O–H groups in total. The fourth-order valence-electron chi connectivity index (χ4n) is 2.37. The van der Waals surface area contributed by atoms with E-state index >= 15 is 0 Å². The first-order chi connectivity index (χ1) is 13.7. The molecular formula is C21H28FN5O2. The number of benzene rings is 1. The first kappa shape index (κ1) is 22.1. The van der Waals surface area contributed by atoms with Crippen molar-refractivity contribution >= 4 is 11.9 Å². The third kappa shape index (κ3) is 8.59. The van der Waals surface area contributed by atoms with Crippen molar-refractivity contribution in [3.05, 3.63) is 54.0 Å². The highest BCUT2D eigenvalue weighted by atomic mass is 19.1. The number of amides is 1. The molecule has 0 radical (unpaired) electrons. The van der Waals surface area contributed by atoms with Gasteiger partial charge in [0.1, 0.15) is 11.6 Å². The first-order valence-electron chi connectivity index (χ1n) is 9.47. The molecule has 0 saturated heterocycles. The van der Waals surface area contributed by atoms with Crippen molar-refractivity contribution < 1.29 is 13.9 Å². The summed E-state index contributed by atoms with van der Waals surface area (Å²) in [5, 5.41) is 9.02. The summed E-state index contributed by atoms with van der Waals surface area (Å²) in [4.78, 5) is 20.6. The van der Waals surface area contributed by atoms with Crippen molar-refractivity contribution in [1.29, 1.82) is 0 Å². The summed E-state index contributed by atoms with van der Waals surface area (Å²) >= 11 is 0. The maximum absolute atomic E-state index is 13.0. The smallest absolute Gasteiger partial charge is 0.239 e. The standard InChI is InChI=1S/C21H28FN5O2/c1-5-23-20(26-14-18(28)27-21(2,3)4)25-13-15-10-11-24-19(12-15)29-17-8-6-16(22)7-9-17/h6-12H,5,13-14H2,1-4H3,(H,27,28)(H2,23,25,26). The fraction of sp³-hybridized carbons (Fsp3) is 0.381. The molecule has 1 aromatic carbocycles. The zero-order valence-corrected chi connectivity index (χ0v) is 17.3. The zero-order valence-electron chi connectivity index (χ0n) is 17.3. The molecule has 0 atom stereocenters. The van der Waals surface area contributed by atoms with Crippen LogP contribution in [0.1, 0.15) is 33.3 Å². The molecule has 0 saturated carbocycles. The number of carbonyl (C=O) groups is 1. The Bertz CT molecular complexity index is 832. The topological polar surface area (TPSA) is 87.6 Å². The van der Waals surface area contributed by atoms with Gasteiger partial charge >= 0.3 is 0 Å². The predicted molar refractivity (Wildman–Crippen MR) is 111 cm³/mol. The molecule has 0 unspecified atom stereocenters. The summed E-state index contributed by atoms with van der Waals surface area (Å²) < 4.78 is 18.6. The second kappa shape index (κ2) is 10.4. The highest BCUT2D eigenvalue weighted by Crippen LogP contribution is 2.20. The van der Waals surface area contributed by atoms with Gasteiger partial charge in [0.2, 0.25) is 11.8 Å². The first-order valence-corrected chi connectivity index (χ1v) is 9.47. The second-order valence-corrected chi connectivity index (χ2v) is 7.41. The minimum absolute atomic E-state index is 0.109. The van der Waals surface area contributed by atoms with Crippen molar-refractivity contribution in [3.63, 3.8) is 0 Å². The van der Waals surface area contributed by atoms with Crippen molar-refractivity contribution in [2.75, 3.05) is 13.1 Å². The molecule has 8 heteroatoms. The van der Waals surface area contributed by atoms with Gasteiger partial charge < -0.3 is 20.7 Å². The lowest BCUT2D eigenvalue weighted by atomic mass is 10.1. The predicted octanol–water partition coefficient (Wildman–Crippen LogP) is 2.98. The molecule has 0 spiro atoms. The number of ether oxygens (including phenoxy) is 1. The molecule has 0 aliphatic heterocycles. The number of pyridine rings is 1. The van der Waals surface area contributed by atoms with E-state index in [2.05, 4.69) is 25.9 Å². The number of hydrogen-bond acceptors (Lipinski definition) is 4. The second-order valence-electron chi connectivity index (χ2n) is 7.41. The van der Waals surface area contributed by atoms with Gasteiger partial charge in [-0.3, -0.25) is 4.79 Å². The van der Waals surface area contributed by atoms with Crippen LogP contribution in [-0.4, -0.2) is 35.5 Å². The van der Waals surface area contributed by atoms with Crippen LogP contribution in [0.4, 0.5) is 4.39 Å². The van der Waals surface area contributed by atoms with Crippen LogP contribution in [-0.2, 0) is 11.3 Å². The normalized spacial score (nSPS) is 11.7. The maximum atomic E-state index is 13.0. The number of nitrogens with one attached hydrogen (secondary N) is 3. The number of guanidine groups is 1. The van der Waals surface area contributed by atoms with Crippen LogP contribution in [0.15, 0.2) is 47.6 Å². The molecule has 1 heterocycles. The number of hydrogen-bond donors (Lipinski definition) is 3. The third-order valence-electron chi connectivity index (χ3n) is 3.53. The number of rotatable bonds is 7. The van der Waals surface area contributed by atoms with E-state index in [-0.39, 0.29) is 23.8 Å². The van der Waals surface area contributed by atoms with Gasteiger partial charge in [0.25, 0.3) is 0 Å². The molecule has 0 aliphatic carbocycles. The van der Waals surface area contributed by atoms with Crippen LogP contribution >= 0.6 is 0 Å². The van der Waals surface area contributed by atoms with E-state index in [1.165, 1.54) is 24.3 Å². The van der Waals surface area contributed by atoms with Gasteiger partial charge in [0, 0.05) is 24.3 Å². The summed E-state index contributed by atoms with van der Waals surface area (Å²) in [6.07, 6.45) is 1.63. The van der Waals surface area contributed by atoms with Crippen molar-refractivity contribution in [2.24, 2.45) is 4.99 Å². The highest BCUT2D eigenvalue weighted by Gasteiger charge is 2.13. The van der Waals surface area contributed by atoms with Crippen LogP contribution < -0.4 is 20.7 Å². The number of aliphatic imine (C=N–C) groups is 1. The third-order valence-corrected chi connectivity index (χ3v) is 3.53. The van der Waals surface area contributed by atoms with E-state index in [0.29, 0.717) is 30.7 Å². The Hall–Kier alpha value is -3.16. The summed E-state index contributed by atoms with van der Waals surface area (Å²) in [5.41, 5.74) is 0.597. The molecule has 0 bridgehead atoms. The molecule has 1 aromatic heterocycles. The molecule has 7 nitrogen and oxygen atoms in total. The fourth-order valence-corrected chi connectivity index (χ4v) is 2.37. The van der Waals surface area contributed by atoms with Crippen molar-refractivity contribution in [1.82, 2.24) is 20.9 Å². The zero-order chi connectivity index (χ0) is 21.3. The van der Waals surface area contributed by atoms with Gasteiger partial charge in [0.15, 0.2) is 5.96 Å². The maximum Gasteiger partial charge on any atom is 0.239 e. The Labute approximate surface area is 170 Å². The summed E-state index contributed by atoms with van der Waals surface area (Å²) in [6.45, 7) is 8.91. The lowest BCUT2D eigenvalue weighted by molar-refractivity contribution is -0.121. The number of halogens is 1. The van der Waals surface area contributed by atoms with Gasteiger partial charge in [-0.15, -0.1) is 0 Å². The SMILES string of the molecule is CCNC(=NCc1ccnc(Oc2ccc(F)cc2)c1)NCC(=O)NC(C)(C)C. The van der Waals surface area contributed by atoms with Crippen molar-refractivity contribution in [3.8, 4) is 11.6 Å². The molecule has 1 amide bonds. The van der Waals surface area contributed by atoms with Crippen LogP contribution in [0.25, 0.3) is 0 Å². The Balaban J connectivity index is 1.97. The van der Waals surface area contributed by atoms with E-state index < -0.39 is 0 Å².